The van der Waals surface area contributed by atoms with E-state index in [2.05, 4.69) is 92.1 Å². The monoisotopic (exact) mass is 1210 g/mol. The zero-order valence-corrected chi connectivity index (χ0v) is 54.0. The van der Waals surface area contributed by atoms with Crippen molar-refractivity contribution in [2.75, 3.05) is 19.8 Å². The fourth-order valence-corrected chi connectivity index (χ4v) is 11.0. The summed E-state index contributed by atoms with van der Waals surface area (Å²) in [6.07, 6.45) is 60.9. The van der Waals surface area contributed by atoms with Crippen LogP contribution in [0.2, 0.25) is 0 Å². The molecule has 2 aliphatic heterocycles. The number of ether oxygens (including phenoxy) is 4. The number of aliphatic hydroxyl groups is 8. The number of carbonyl (C=O) groups is 1. The summed E-state index contributed by atoms with van der Waals surface area (Å²) in [5.41, 5.74) is 0. The fraction of sp³-hybridized carbons (Fsp3) is 0.792. The number of hydrogen-bond acceptors (Lipinski definition) is 13. The molecule has 86 heavy (non-hydrogen) atoms. The smallest absolute Gasteiger partial charge is 0.220 e. The number of allylic oxidation sites excluding steroid dienone is 13. The second kappa shape index (κ2) is 56.2. The average molecular weight is 1210 g/mol. The molecule has 12 atom stereocenters. The number of unbranched alkanes of at least 4 members (excludes halogenated alkanes) is 31. The molecule has 9 N–H and O–H groups in total. The van der Waals surface area contributed by atoms with Crippen LogP contribution in [0.15, 0.2) is 85.1 Å². The Morgan fingerprint density at radius 2 is 0.814 bits per heavy atom. The predicted molar refractivity (Wildman–Crippen MR) is 350 cm³/mol. The Bertz CT molecular complexity index is 1770. The van der Waals surface area contributed by atoms with Crippen molar-refractivity contribution in [2.24, 2.45) is 0 Å². The van der Waals surface area contributed by atoms with Gasteiger partial charge in [-0.05, 0) is 77.0 Å². The first-order valence-corrected chi connectivity index (χ1v) is 34.8. The molecule has 14 nitrogen and oxygen atoms in total. The van der Waals surface area contributed by atoms with Crippen LogP contribution in [-0.2, 0) is 23.7 Å². The number of rotatable bonds is 56. The highest BCUT2D eigenvalue weighted by Crippen LogP contribution is 2.30. The van der Waals surface area contributed by atoms with E-state index in [1.807, 2.05) is 6.08 Å². The Labute approximate surface area is 522 Å². The minimum atomic E-state index is -1.80. The zero-order valence-electron chi connectivity index (χ0n) is 54.0. The van der Waals surface area contributed by atoms with Crippen molar-refractivity contribution in [1.29, 1.82) is 0 Å². The first-order valence-electron chi connectivity index (χ1n) is 34.8. The quantitative estimate of drug-likeness (QED) is 0.0204. The van der Waals surface area contributed by atoms with Crippen LogP contribution in [-0.4, -0.2) is 140 Å². The Balaban J connectivity index is 1.69. The van der Waals surface area contributed by atoms with E-state index < -0.39 is 86.8 Å². The molecule has 1 amide bonds. The highest BCUT2D eigenvalue weighted by Gasteiger charge is 2.51. The molecule has 2 fully saturated rings. The number of hydrogen-bond donors (Lipinski definition) is 9. The Kier molecular flexibility index (Phi) is 51.8. The van der Waals surface area contributed by atoms with E-state index in [1.54, 1.807) is 6.08 Å². The molecule has 498 valence electrons. The lowest BCUT2D eigenvalue weighted by atomic mass is 9.97. The Hall–Kier alpha value is -2.83. The van der Waals surface area contributed by atoms with Gasteiger partial charge in [-0.1, -0.05) is 272 Å². The summed E-state index contributed by atoms with van der Waals surface area (Å²) in [6, 6.07) is -0.956. The number of carbonyl (C=O) groups excluding carboxylic acids is 1. The maximum atomic E-state index is 13.3. The largest absolute Gasteiger partial charge is 0.394 e. The molecule has 0 bridgehead atoms. The molecule has 0 aliphatic carbocycles. The van der Waals surface area contributed by atoms with Gasteiger partial charge in [0.05, 0.1) is 32.0 Å². The Morgan fingerprint density at radius 3 is 1.28 bits per heavy atom. The van der Waals surface area contributed by atoms with E-state index in [0.717, 1.165) is 64.2 Å². The van der Waals surface area contributed by atoms with Crippen molar-refractivity contribution in [3.05, 3.63) is 85.1 Å². The van der Waals surface area contributed by atoms with Gasteiger partial charge >= 0.3 is 0 Å². The van der Waals surface area contributed by atoms with Crippen molar-refractivity contribution in [2.45, 2.75) is 344 Å². The molecule has 12 unspecified atom stereocenters. The summed E-state index contributed by atoms with van der Waals surface area (Å²) >= 11 is 0. The molecule has 0 radical (unpaired) electrons. The van der Waals surface area contributed by atoms with Gasteiger partial charge in [-0.3, -0.25) is 4.79 Å². The van der Waals surface area contributed by atoms with E-state index in [-0.39, 0.29) is 18.9 Å². The van der Waals surface area contributed by atoms with Gasteiger partial charge in [0.1, 0.15) is 48.8 Å². The number of aliphatic hydroxyl groups excluding tert-OH is 8. The predicted octanol–water partition coefficient (Wildman–Crippen LogP) is 14.0. The van der Waals surface area contributed by atoms with Gasteiger partial charge in [-0.2, -0.15) is 0 Å². The molecule has 2 rings (SSSR count). The third-order valence-electron chi connectivity index (χ3n) is 16.6. The highest BCUT2D eigenvalue weighted by molar-refractivity contribution is 5.76. The minimum absolute atomic E-state index is 0.230. The van der Waals surface area contributed by atoms with Crippen LogP contribution in [0.3, 0.4) is 0 Å². The second-order valence-electron chi connectivity index (χ2n) is 24.3. The lowest BCUT2D eigenvalue weighted by Gasteiger charge is -2.46. The molecule has 0 saturated carbocycles. The second-order valence-corrected chi connectivity index (χ2v) is 24.3. The molecule has 0 aromatic carbocycles. The van der Waals surface area contributed by atoms with Crippen molar-refractivity contribution < 1.29 is 64.6 Å². The van der Waals surface area contributed by atoms with Crippen molar-refractivity contribution in [3.63, 3.8) is 0 Å². The van der Waals surface area contributed by atoms with Crippen LogP contribution < -0.4 is 5.32 Å². The maximum Gasteiger partial charge on any atom is 0.220 e. The van der Waals surface area contributed by atoms with Gasteiger partial charge in [0.15, 0.2) is 12.6 Å². The highest BCUT2D eigenvalue weighted by atomic mass is 16.7. The third kappa shape index (κ3) is 40.0. The van der Waals surface area contributed by atoms with Crippen molar-refractivity contribution >= 4 is 5.91 Å². The fourth-order valence-electron chi connectivity index (χ4n) is 11.0. The summed E-state index contributed by atoms with van der Waals surface area (Å²) in [5.74, 6) is -0.281. The van der Waals surface area contributed by atoms with Gasteiger partial charge < -0.3 is 65.1 Å². The molecule has 0 aromatic rings. The van der Waals surface area contributed by atoms with E-state index in [4.69, 9.17) is 18.9 Å². The maximum absolute atomic E-state index is 13.3. The number of amides is 1. The molecule has 14 heteroatoms. The Morgan fingerprint density at radius 1 is 0.430 bits per heavy atom. The van der Waals surface area contributed by atoms with Crippen molar-refractivity contribution in [3.8, 4) is 0 Å². The van der Waals surface area contributed by atoms with Gasteiger partial charge in [0, 0.05) is 6.42 Å². The van der Waals surface area contributed by atoms with Gasteiger partial charge in [-0.25, -0.2) is 0 Å². The van der Waals surface area contributed by atoms with E-state index in [0.29, 0.717) is 12.8 Å². The summed E-state index contributed by atoms with van der Waals surface area (Å²) in [4.78, 5) is 13.3. The van der Waals surface area contributed by atoms with Crippen LogP contribution in [0.1, 0.15) is 271 Å². The minimum Gasteiger partial charge on any atom is -0.394 e. The summed E-state index contributed by atoms with van der Waals surface area (Å²) in [6.45, 7) is 2.66. The molecular formula is C72H127NO13. The molecule has 0 aromatic heterocycles. The molecule has 2 heterocycles. The van der Waals surface area contributed by atoms with Crippen molar-refractivity contribution in [1.82, 2.24) is 5.32 Å². The first kappa shape index (κ1) is 79.3. The zero-order chi connectivity index (χ0) is 62.3. The van der Waals surface area contributed by atoms with Crippen LogP contribution in [0.25, 0.3) is 0 Å². The van der Waals surface area contributed by atoms with E-state index in [1.165, 1.54) is 173 Å². The SMILES string of the molecule is CC/C=C\C/C=C\C/C=C\C/C=C\C/C=C\CCCCCC(=O)NC(COC1OC(CO)C(OC2OC(CO)C(O)C(O)C2O)C(O)C1O)C(O)/C=C/CC/C=C/CCCCCCCCCCCCCCCCCCCCCCCCCCCCC. The van der Waals surface area contributed by atoms with E-state index in [9.17, 15) is 45.6 Å². The third-order valence-corrected chi connectivity index (χ3v) is 16.6. The van der Waals surface area contributed by atoms with Gasteiger partial charge in [0.2, 0.25) is 5.91 Å². The number of nitrogens with one attached hydrogen (secondary N) is 1. The summed E-state index contributed by atoms with van der Waals surface area (Å²) < 4.78 is 22.8. The van der Waals surface area contributed by atoms with Gasteiger partial charge in [-0.15, -0.1) is 0 Å². The summed E-state index contributed by atoms with van der Waals surface area (Å²) in [7, 11) is 0. The van der Waals surface area contributed by atoms with E-state index >= 15 is 0 Å². The normalized spacial score (nSPS) is 23.9. The summed E-state index contributed by atoms with van der Waals surface area (Å²) in [5, 5.41) is 87.3. The van der Waals surface area contributed by atoms with Gasteiger partial charge in [0.25, 0.3) is 0 Å². The lowest BCUT2D eigenvalue weighted by molar-refractivity contribution is -0.359. The molecular weight excluding hydrogens is 1090 g/mol. The molecule has 2 saturated heterocycles. The van der Waals surface area contributed by atoms with Crippen LogP contribution >= 0.6 is 0 Å². The topological polar surface area (TPSA) is 228 Å². The van der Waals surface area contributed by atoms with Crippen LogP contribution in [0.5, 0.6) is 0 Å². The van der Waals surface area contributed by atoms with Crippen LogP contribution in [0.4, 0.5) is 0 Å². The molecule has 2 aliphatic rings. The average Bonchev–Trinajstić information content (AvgIpc) is 2.46. The van der Waals surface area contributed by atoms with Crippen LogP contribution in [0, 0.1) is 0 Å². The standard InChI is InChI=1S/C72H127NO13/c1-3-5-7-9-11-13-15-17-19-21-23-24-25-26-27-28-29-30-31-32-33-34-35-36-38-39-41-43-45-47-49-51-53-55-61(76)60(73-64(77)56-54-52-50-48-46-44-42-40-37-22-20-18-16-14-12-10-8-6-4-2)59-83-71-69(82)67(80)70(63(58-75)85-71)86-72-68(81)66(79)65(78)62(57-74)84-72/h6,8,12,14,18,20,37,40,44-47,53,55,60-63,65-72,74-76,78-82H,3-5,7,9-11,13,15-17,19,21-36,38-39,41-43,48-52,54,56-59H2,1-2H3,(H,73,77)/b8-6-,14-12-,20-18-,40-37-,46-44-,47-45+,55-53+. The first-order chi connectivity index (χ1) is 42.1. The lowest BCUT2D eigenvalue weighted by Crippen LogP contribution is -2.65. The molecule has 0 spiro atoms.